The monoisotopic (exact) mass is 311 g/mol. The van der Waals surface area contributed by atoms with Gasteiger partial charge in [0, 0.05) is 19.2 Å². The molecule has 1 saturated heterocycles. The van der Waals surface area contributed by atoms with Gasteiger partial charge in [0.15, 0.2) is 0 Å². The Kier molecular flexibility index (Phi) is 4.49. The molecule has 2 aliphatic rings. The Balaban J connectivity index is 1.45. The lowest BCUT2D eigenvalue weighted by Gasteiger charge is -2.28. The van der Waals surface area contributed by atoms with Crippen LogP contribution in [0.25, 0.3) is 0 Å². The van der Waals surface area contributed by atoms with Crippen LogP contribution in [0, 0.1) is 5.92 Å². The van der Waals surface area contributed by atoms with Crippen molar-refractivity contribution >= 4 is 0 Å². The van der Waals surface area contributed by atoms with Gasteiger partial charge in [-0.2, -0.15) is 0 Å². The van der Waals surface area contributed by atoms with E-state index in [2.05, 4.69) is 41.3 Å². The van der Waals surface area contributed by atoms with Crippen LogP contribution in [0.3, 0.4) is 0 Å². The van der Waals surface area contributed by atoms with Crippen molar-refractivity contribution in [2.75, 3.05) is 13.2 Å². The largest absolute Gasteiger partial charge is 0.468 e. The van der Waals surface area contributed by atoms with Gasteiger partial charge in [-0.05, 0) is 49.3 Å². The normalized spacial score (nSPS) is 25.0. The van der Waals surface area contributed by atoms with Gasteiger partial charge in [0.2, 0.25) is 0 Å². The second-order valence-electron chi connectivity index (χ2n) is 6.91. The minimum Gasteiger partial charge on any atom is -0.468 e. The number of ether oxygens (including phenoxy) is 1. The minimum atomic E-state index is 0.353. The summed E-state index contributed by atoms with van der Waals surface area (Å²) in [5.74, 6) is 1.87. The van der Waals surface area contributed by atoms with Gasteiger partial charge in [-0.3, -0.25) is 4.90 Å². The first-order valence-corrected chi connectivity index (χ1v) is 8.80. The van der Waals surface area contributed by atoms with Crippen molar-refractivity contribution in [1.29, 1.82) is 0 Å². The molecule has 0 bridgehead atoms. The third-order valence-electron chi connectivity index (χ3n) is 5.07. The lowest BCUT2D eigenvalue weighted by Crippen LogP contribution is -2.38. The summed E-state index contributed by atoms with van der Waals surface area (Å²) in [6, 6.07) is 15.3. The Bertz CT molecular complexity index is 591. The number of nitrogens with zero attached hydrogens (tertiary/aromatic N) is 1. The molecule has 2 fully saturated rings. The van der Waals surface area contributed by atoms with E-state index in [0.29, 0.717) is 12.1 Å². The summed E-state index contributed by atoms with van der Waals surface area (Å²) in [5, 5.41) is 0. The van der Waals surface area contributed by atoms with Gasteiger partial charge in [-0.1, -0.05) is 30.3 Å². The molecule has 0 radical (unpaired) electrons. The van der Waals surface area contributed by atoms with Gasteiger partial charge in [-0.25, -0.2) is 0 Å². The molecule has 4 rings (SSSR count). The molecule has 2 heterocycles. The highest BCUT2D eigenvalue weighted by molar-refractivity contribution is 5.17. The molecule has 0 amide bonds. The Labute approximate surface area is 138 Å². The van der Waals surface area contributed by atoms with Gasteiger partial charge < -0.3 is 9.15 Å². The van der Waals surface area contributed by atoms with Crippen molar-refractivity contribution in [3.8, 4) is 0 Å². The molecule has 1 aliphatic heterocycles. The topological polar surface area (TPSA) is 25.6 Å². The van der Waals surface area contributed by atoms with Gasteiger partial charge >= 0.3 is 0 Å². The van der Waals surface area contributed by atoms with E-state index < -0.39 is 0 Å². The number of hydrogen-bond acceptors (Lipinski definition) is 3. The second-order valence-corrected chi connectivity index (χ2v) is 6.91. The highest BCUT2D eigenvalue weighted by Gasteiger charge is 2.36. The Morgan fingerprint density at radius 2 is 1.91 bits per heavy atom. The van der Waals surface area contributed by atoms with E-state index in [-0.39, 0.29) is 0 Å². The standard InChI is InChI=1S/C20H25NO2/c1-2-5-16(6-3-1)13-19-20(23-15-17-8-9-17)10-11-21(19)14-18-7-4-12-22-18/h1-7,12,17,19-20H,8-11,13-15H2/t19-,20-/m1/s1. The van der Waals surface area contributed by atoms with Crippen LogP contribution in [-0.4, -0.2) is 30.2 Å². The van der Waals surface area contributed by atoms with E-state index in [1.165, 1.54) is 18.4 Å². The van der Waals surface area contributed by atoms with Gasteiger partial charge in [-0.15, -0.1) is 0 Å². The molecular formula is C20H25NO2. The molecule has 1 aromatic carbocycles. The number of rotatable bonds is 7. The van der Waals surface area contributed by atoms with E-state index in [0.717, 1.165) is 44.2 Å². The van der Waals surface area contributed by atoms with E-state index in [9.17, 15) is 0 Å². The molecule has 1 saturated carbocycles. The fourth-order valence-corrected chi connectivity index (χ4v) is 3.54. The lowest BCUT2D eigenvalue weighted by molar-refractivity contribution is 0.0187. The quantitative estimate of drug-likeness (QED) is 0.776. The average Bonchev–Trinajstić information content (AvgIpc) is 3.13. The van der Waals surface area contributed by atoms with Crippen molar-refractivity contribution in [2.24, 2.45) is 5.92 Å². The van der Waals surface area contributed by atoms with Crippen molar-refractivity contribution in [3.05, 3.63) is 60.1 Å². The summed E-state index contributed by atoms with van der Waals surface area (Å²) in [4.78, 5) is 2.53. The van der Waals surface area contributed by atoms with E-state index in [1.807, 2.05) is 6.07 Å². The van der Waals surface area contributed by atoms with E-state index >= 15 is 0 Å². The zero-order valence-electron chi connectivity index (χ0n) is 13.6. The Morgan fingerprint density at radius 3 is 2.65 bits per heavy atom. The van der Waals surface area contributed by atoms with Crippen LogP contribution in [0.4, 0.5) is 0 Å². The highest BCUT2D eigenvalue weighted by Crippen LogP contribution is 2.32. The SMILES string of the molecule is c1ccc(C[C@@H]2[C@H](OCC3CC3)CCN2Cc2ccco2)cc1. The predicted octanol–water partition coefficient (Wildman–Crippen LogP) is 3.89. The van der Waals surface area contributed by atoms with Crippen LogP contribution in [0.15, 0.2) is 53.1 Å². The van der Waals surface area contributed by atoms with Crippen molar-refractivity contribution in [3.63, 3.8) is 0 Å². The molecule has 0 N–H and O–H groups in total. The lowest BCUT2D eigenvalue weighted by atomic mass is 10.0. The molecule has 1 aliphatic carbocycles. The van der Waals surface area contributed by atoms with Crippen LogP contribution in [0.1, 0.15) is 30.6 Å². The summed E-state index contributed by atoms with van der Waals surface area (Å²) in [7, 11) is 0. The summed E-state index contributed by atoms with van der Waals surface area (Å²) in [6.07, 6.45) is 7.00. The molecule has 1 aromatic heterocycles. The van der Waals surface area contributed by atoms with Crippen LogP contribution >= 0.6 is 0 Å². The van der Waals surface area contributed by atoms with Crippen LogP contribution in [-0.2, 0) is 17.7 Å². The fourth-order valence-electron chi connectivity index (χ4n) is 3.54. The molecule has 2 aromatic rings. The maximum absolute atomic E-state index is 6.29. The maximum atomic E-state index is 6.29. The number of hydrogen-bond donors (Lipinski definition) is 0. The molecule has 23 heavy (non-hydrogen) atoms. The predicted molar refractivity (Wildman–Crippen MR) is 90.1 cm³/mol. The number of furan rings is 1. The van der Waals surface area contributed by atoms with Crippen LogP contribution < -0.4 is 0 Å². The van der Waals surface area contributed by atoms with Crippen molar-refractivity contribution in [2.45, 2.75) is 44.4 Å². The summed E-state index contributed by atoms with van der Waals surface area (Å²) in [5.41, 5.74) is 1.39. The van der Waals surface area contributed by atoms with E-state index in [4.69, 9.17) is 9.15 Å². The average molecular weight is 311 g/mol. The van der Waals surface area contributed by atoms with Gasteiger partial charge in [0.05, 0.1) is 18.9 Å². The minimum absolute atomic E-state index is 0.353. The summed E-state index contributed by atoms with van der Waals surface area (Å²) < 4.78 is 11.8. The first-order valence-electron chi connectivity index (χ1n) is 8.80. The third kappa shape index (κ3) is 3.85. The van der Waals surface area contributed by atoms with Crippen molar-refractivity contribution < 1.29 is 9.15 Å². The van der Waals surface area contributed by atoms with Crippen LogP contribution in [0.2, 0.25) is 0 Å². The van der Waals surface area contributed by atoms with E-state index in [1.54, 1.807) is 6.26 Å². The van der Waals surface area contributed by atoms with Crippen LogP contribution in [0.5, 0.6) is 0 Å². The highest BCUT2D eigenvalue weighted by atomic mass is 16.5. The molecule has 2 atom stereocenters. The first kappa shape index (κ1) is 15.0. The molecule has 3 heteroatoms. The fraction of sp³-hybridized carbons (Fsp3) is 0.500. The molecule has 122 valence electrons. The molecular weight excluding hydrogens is 286 g/mol. The van der Waals surface area contributed by atoms with Gasteiger partial charge in [0.25, 0.3) is 0 Å². The number of benzene rings is 1. The Hall–Kier alpha value is -1.58. The second kappa shape index (κ2) is 6.90. The maximum Gasteiger partial charge on any atom is 0.117 e. The summed E-state index contributed by atoms with van der Waals surface area (Å²) in [6.45, 7) is 2.92. The molecule has 3 nitrogen and oxygen atoms in total. The van der Waals surface area contributed by atoms with Gasteiger partial charge in [0.1, 0.15) is 5.76 Å². The first-order chi connectivity index (χ1) is 11.4. The third-order valence-corrected chi connectivity index (χ3v) is 5.07. The Morgan fingerprint density at radius 1 is 1.04 bits per heavy atom. The summed E-state index contributed by atoms with van der Waals surface area (Å²) >= 11 is 0. The molecule has 0 spiro atoms. The molecule has 0 unspecified atom stereocenters. The zero-order valence-corrected chi connectivity index (χ0v) is 13.6. The van der Waals surface area contributed by atoms with Crippen molar-refractivity contribution in [1.82, 2.24) is 4.90 Å². The number of likely N-dealkylation sites (tertiary alicyclic amines) is 1. The zero-order chi connectivity index (χ0) is 15.5. The smallest absolute Gasteiger partial charge is 0.117 e.